The number of hydrogen-bond acceptors (Lipinski definition) is 3. The topological polar surface area (TPSA) is 43.4 Å². The number of fused-ring (bicyclic) bond motifs is 1. The lowest BCUT2D eigenvalue weighted by atomic mass is 10.1. The predicted molar refractivity (Wildman–Crippen MR) is 85.4 cm³/mol. The van der Waals surface area contributed by atoms with E-state index < -0.39 is 11.8 Å². The van der Waals surface area contributed by atoms with E-state index in [2.05, 4.69) is 0 Å². The molecule has 0 aromatic heterocycles. The van der Waals surface area contributed by atoms with Crippen molar-refractivity contribution in [3.63, 3.8) is 0 Å². The number of carbonyl (C=O) groups excluding carboxylic acids is 2. The molecule has 3 aromatic carbocycles. The summed E-state index contributed by atoms with van der Waals surface area (Å²) in [6.45, 7) is 0. The van der Waals surface area contributed by atoms with Gasteiger partial charge in [0.1, 0.15) is 5.75 Å². The zero-order valence-corrected chi connectivity index (χ0v) is 12.2. The van der Waals surface area contributed by atoms with Gasteiger partial charge in [0.25, 0.3) is 5.78 Å². The summed E-state index contributed by atoms with van der Waals surface area (Å²) in [5.74, 6) is -1.28. The molecule has 0 unspecified atom stereocenters. The molecule has 0 atom stereocenters. The Morgan fingerprint density at radius 3 is 2.23 bits per heavy atom. The van der Waals surface area contributed by atoms with Gasteiger partial charge in [-0.15, -0.1) is 0 Å². The monoisotopic (exact) mass is 310 g/mol. The minimum atomic E-state index is -0.919. The molecule has 0 spiro atoms. The molecule has 0 heterocycles. The second-order valence-corrected chi connectivity index (χ2v) is 5.17. The quantitative estimate of drug-likeness (QED) is 0.314. The van der Waals surface area contributed by atoms with Crippen molar-refractivity contribution in [2.45, 2.75) is 0 Å². The SMILES string of the molecule is O=C(Oc1ccc2ccccc2c1)C(=O)c1ccc(Cl)cc1. The lowest BCUT2D eigenvalue weighted by Crippen LogP contribution is -2.20. The van der Waals surface area contributed by atoms with Crippen molar-refractivity contribution in [3.05, 3.63) is 77.3 Å². The molecular formula is C18H11ClO3. The number of ether oxygens (including phenoxy) is 1. The van der Waals surface area contributed by atoms with E-state index in [1.165, 1.54) is 12.1 Å². The summed E-state index contributed by atoms with van der Waals surface area (Å²) in [5.41, 5.74) is 0.246. The molecule has 0 saturated heterocycles. The zero-order chi connectivity index (χ0) is 15.5. The van der Waals surface area contributed by atoms with Crippen LogP contribution in [0.25, 0.3) is 10.8 Å². The summed E-state index contributed by atoms with van der Waals surface area (Å²) in [6.07, 6.45) is 0. The average molecular weight is 311 g/mol. The van der Waals surface area contributed by atoms with Crippen LogP contribution in [-0.2, 0) is 4.79 Å². The molecule has 3 rings (SSSR count). The number of esters is 1. The van der Waals surface area contributed by atoms with Crippen LogP contribution in [0.5, 0.6) is 5.75 Å². The molecule has 3 aromatic rings. The van der Waals surface area contributed by atoms with Crippen molar-refractivity contribution in [1.82, 2.24) is 0 Å². The van der Waals surface area contributed by atoms with Crippen LogP contribution in [0.1, 0.15) is 10.4 Å². The second kappa shape index (κ2) is 6.00. The maximum absolute atomic E-state index is 12.0. The summed E-state index contributed by atoms with van der Waals surface area (Å²) in [4.78, 5) is 23.9. The number of Topliss-reactive ketones (excluding diaryl/α,β-unsaturated/α-hetero) is 1. The van der Waals surface area contributed by atoms with Crippen molar-refractivity contribution in [2.24, 2.45) is 0 Å². The average Bonchev–Trinajstić information content (AvgIpc) is 2.55. The van der Waals surface area contributed by atoms with E-state index in [1.807, 2.05) is 30.3 Å². The molecule has 0 aliphatic carbocycles. The van der Waals surface area contributed by atoms with Gasteiger partial charge in [-0.25, -0.2) is 4.79 Å². The highest BCUT2D eigenvalue weighted by Crippen LogP contribution is 2.21. The molecule has 0 saturated carbocycles. The van der Waals surface area contributed by atoms with Gasteiger partial charge < -0.3 is 4.74 Å². The lowest BCUT2D eigenvalue weighted by Gasteiger charge is -2.05. The summed E-state index contributed by atoms with van der Waals surface area (Å²) in [5, 5.41) is 2.47. The maximum atomic E-state index is 12.0. The Morgan fingerprint density at radius 2 is 1.50 bits per heavy atom. The Kier molecular flexibility index (Phi) is 3.90. The third-order valence-electron chi connectivity index (χ3n) is 3.22. The fourth-order valence-electron chi connectivity index (χ4n) is 2.10. The molecule has 0 amide bonds. The number of rotatable bonds is 3. The Balaban J connectivity index is 1.80. The van der Waals surface area contributed by atoms with E-state index in [0.717, 1.165) is 10.8 Å². The van der Waals surface area contributed by atoms with Gasteiger partial charge in [-0.3, -0.25) is 4.79 Å². The van der Waals surface area contributed by atoms with Gasteiger partial charge in [-0.1, -0.05) is 41.9 Å². The summed E-state index contributed by atoms with van der Waals surface area (Å²) < 4.78 is 5.15. The molecule has 0 radical (unpaired) electrons. The molecule has 3 nitrogen and oxygen atoms in total. The molecule has 0 aliphatic rings. The fraction of sp³-hybridized carbons (Fsp3) is 0. The standard InChI is InChI=1S/C18H11ClO3/c19-15-8-5-13(6-9-15)17(20)18(21)22-16-10-7-12-3-1-2-4-14(12)11-16/h1-11H. The Morgan fingerprint density at radius 1 is 0.818 bits per heavy atom. The van der Waals surface area contributed by atoms with Gasteiger partial charge in [0.05, 0.1) is 0 Å². The van der Waals surface area contributed by atoms with E-state index in [-0.39, 0.29) is 5.56 Å². The van der Waals surface area contributed by atoms with Gasteiger partial charge in [-0.05, 0) is 47.2 Å². The highest BCUT2D eigenvalue weighted by molar-refractivity contribution is 6.41. The Labute approximate surface area is 132 Å². The van der Waals surface area contributed by atoms with Gasteiger partial charge in [0, 0.05) is 10.6 Å². The lowest BCUT2D eigenvalue weighted by molar-refractivity contribution is -0.129. The molecule has 0 fully saturated rings. The Bertz CT molecular complexity index is 854. The van der Waals surface area contributed by atoms with E-state index in [1.54, 1.807) is 24.3 Å². The minimum Gasteiger partial charge on any atom is -0.421 e. The molecule has 0 aliphatic heterocycles. The highest BCUT2D eigenvalue weighted by atomic mass is 35.5. The number of benzene rings is 3. The van der Waals surface area contributed by atoms with Gasteiger partial charge in [0.15, 0.2) is 0 Å². The van der Waals surface area contributed by atoms with Gasteiger partial charge >= 0.3 is 5.97 Å². The number of ketones is 1. The van der Waals surface area contributed by atoms with Crippen LogP contribution in [0.3, 0.4) is 0 Å². The first-order valence-corrected chi connectivity index (χ1v) is 7.02. The van der Waals surface area contributed by atoms with Crippen LogP contribution in [-0.4, -0.2) is 11.8 Å². The summed E-state index contributed by atoms with van der Waals surface area (Å²) in [7, 11) is 0. The van der Waals surface area contributed by atoms with Crippen LogP contribution in [0.4, 0.5) is 0 Å². The van der Waals surface area contributed by atoms with E-state index >= 15 is 0 Å². The maximum Gasteiger partial charge on any atom is 0.385 e. The first-order valence-electron chi connectivity index (χ1n) is 6.64. The molecular weight excluding hydrogens is 300 g/mol. The number of hydrogen-bond donors (Lipinski definition) is 0. The minimum absolute atomic E-state index is 0.246. The third kappa shape index (κ3) is 3.00. The van der Waals surface area contributed by atoms with Crippen molar-refractivity contribution in [3.8, 4) is 5.75 Å². The van der Waals surface area contributed by atoms with E-state index in [4.69, 9.17) is 16.3 Å². The van der Waals surface area contributed by atoms with Gasteiger partial charge in [0.2, 0.25) is 0 Å². The largest absolute Gasteiger partial charge is 0.421 e. The molecule has 108 valence electrons. The molecule has 4 heteroatoms. The molecule has 0 bridgehead atoms. The van der Waals surface area contributed by atoms with Crippen LogP contribution in [0.2, 0.25) is 5.02 Å². The van der Waals surface area contributed by atoms with Crippen molar-refractivity contribution < 1.29 is 14.3 Å². The second-order valence-electron chi connectivity index (χ2n) is 4.73. The zero-order valence-electron chi connectivity index (χ0n) is 11.5. The van der Waals surface area contributed by atoms with Crippen LogP contribution >= 0.6 is 11.6 Å². The number of carbonyl (C=O) groups is 2. The highest BCUT2D eigenvalue weighted by Gasteiger charge is 2.18. The Hall–Kier alpha value is -2.65. The van der Waals surface area contributed by atoms with Crippen LogP contribution < -0.4 is 4.74 Å². The van der Waals surface area contributed by atoms with Gasteiger partial charge in [-0.2, -0.15) is 0 Å². The van der Waals surface area contributed by atoms with Crippen molar-refractivity contribution in [2.75, 3.05) is 0 Å². The smallest absolute Gasteiger partial charge is 0.385 e. The first kappa shape index (κ1) is 14.3. The predicted octanol–water partition coefficient (Wildman–Crippen LogP) is 4.28. The fourth-order valence-corrected chi connectivity index (χ4v) is 2.23. The van der Waals surface area contributed by atoms with E-state index in [9.17, 15) is 9.59 Å². The van der Waals surface area contributed by atoms with E-state index in [0.29, 0.717) is 10.8 Å². The van der Waals surface area contributed by atoms with Crippen LogP contribution in [0.15, 0.2) is 66.7 Å². The number of halogens is 1. The molecule has 22 heavy (non-hydrogen) atoms. The van der Waals surface area contributed by atoms with Crippen molar-refractivity contribution in [1.29, 1.82) is 0 Å². The summed E-state index contributed by atoms with van der Waals surface area (Å²) >= 11 is 5.75. The van der Waals surface area contributed by atoms with Crippen LogP contribution in [0, 0.1) is 0 Å². The third-order valence-corrected chi connectivity index (χ3v) is 3.48. The van der Waals surface area contributed by atoms with Crippen molar-refractivity contribution >= 4 is 34.1 Å². The molecule has 0 N–H and O–H groups in total. The normalized spacial score (nSPS) is 10.4. The summed E-state index contributed by atoms with van der Waals surface area (Å²) in [6, 6.07) is 19.0. The first-order chi connectivity index (χ1) is 10.6.